The number of aromatic amines is 1. The molecule has 3 aromatic rings. The second kappa shape index (κ2) is 10.3. The molecule has 35 heavy (non-hydrogen) atoms. The van der Waals surface area contributed by atoms with Crippen molar-refractivity contribution in [3.05, 3.63) is 74.4 Å². The number of nitrogens with one attached hydrogen (secondary N) is 1. The van der Waals surface area contributed by atoms with Gasteiger partial charge in [0.05, 0.1) is 20.3 Å². The number of amides is 1. The van der Waals surface area contributed by atoms with Gasteiger partial charge in [0.25, 0.3) is 11.5 Å². The predicted octanol–water partition coefficient (Wildman–Crippen LogP) is 1.24. The number of carbonyl (C=O) groups is 1. The van der Waals surface area contributed by atoms with E-state index >= 15 is 0 Å². The summed E-state index contributed by atoms with van der Waals surface area (Å²) >= 11 is 0. The summed E-state index contributed by atoms with van der Waals surface area (Å²) in [5, 5.41) is 0. The minimum Gasteiger partial charge on any atom is -0.493 e. The molecule has 1 amide bonds. The molecule has 184 valence electrons. The average molecular weight is 482 g/mol. The molecule has 0 aliphatic carbocycles. The molecule has 4 rings (SSSR count). The van der Waals surface area contributed by atoms with Gasteiger partial charge in [0.15, 0.2) is 17.2 Å². The number of nitrogen functional groups attached to an aromatic ring is 1. The van der Waals surface area contributed by atoms with E-state index in [4.69, 9.17) is 24.7 Å². The van der Waals surface area contributed by atoms with Crippen LogP contribution in [0.5, 0.6) is 17.2 Å². The number of rotatable bonds is 8. The van der Waals surface area contributed by atoms with Gasteiger partial charge in [-0.05, 0) is 17.7 Å². The van der Waals surface area contributed by atoms with Gasteiger partial charge in [-0.1, -0.05) is 30.3 Å². The van der Waals surface area contributed by atoms with Gasteiger partial charge in [-0.15, -0.1) is 0 Å². The fraction of sp³-hybridized carbons (Fsp3) is 0.292. The molecule has 2 heterocycles. The highest BCUT2D eigenvalue weighted by Crippen LogP contribution is 2.40. The Morgan fingerprint density at radius 2 is 1.89 bits per heavy atom. The lowest BCUT2D eigenvalue weighted by molar-refractivity contribution is 0.0973. The molecule has 0 saturated carbocycles. The number of carbonyl (C=O) groups excluding carboxylic acids is 1. The molecule has 0 saturated heterocycles. The first kappa shape index (κ1) is 23.9. The van der Waals surface area contributed by atoms with Crippen LogP contribution < -0.4 is 36.1 Å². The molecule has 3 N–H and O–H groups in total. The third-order valence-corrected chi connectivity index (χ3v) is 5.51. The summed E-state index contributed by atoms with van der Waals surface area (Å²) in [6.07, 6.45) is 0. The first-order valence-electron chi connectivity index (χ1n) is 10.9. The van der Waals surface area contributed by atoms with Gasteiger partial charge in [-0.2, -0.15) is 0 Å². The Labute approximate surface area is 200 Å². The number of fused-ring (bicyclic) bond motifs is 1. The normalized spacial score (nSPS) is 12.3. The zero-order valence-electron chi connectivity index (χ0n) is 19.4. The summed E-state index contributed by atoms with van der Waals surface area (Å²) in [6.45, 7) is 0.899. The molecule has 1 aliphatic rings. The Balaban J connectivity index is 1.80. The van der Waals surface area contributed by atoms with Crippen molar-refractivity contribution in [3.8, 4) is 17.2 Å². The molecule has 11 heteroatoms. The summed E-state index contributed by atoms with van der Waals surface area (Å²) in [7, 11) is 2.92. The van der Waals surface area contributed by atoms with Gasteiger partial charge < -0.3 is 24.7 Å². The highest BCUT2D eigenvalue weighted by molar-refractivity contribution is 6.08. The van der Waals surface area contributed by atoms with Crippen LogP contribution in [-0.2, 0) is 11.3 Å². The van der Waals surface area contributed by atoms with Crippen LogP contribution in [0.3, 0.4) is 0 Å². The van der Waals surface area contributed by atoms with Gasteiger partial charge >= 0.3 is 5.69 Å². The number of nitrogens with two attached hydrogens (primary N) is 1. The monoisotopic (exact) mass is 482 g/mol. The van der Waals surface area contributed by atoms with Crippen LogP contribution >= 0.6 is 0 Å². The van der Waals surface area contributed by atoms with Crippen molar-refractivity contribution in [3.63, 3.8) is 0 Å². The van der Waals surface area contributed by atoms with Crippen molar-refractivity contribution in [2.75, 3.05) is 51.2 Å². The van der Waals surface area contributed by atoms with Crippen molar-refractivity contribution in [1.29, 1.82) is 0 Å². The first-order chi connectivity index (χ1) is 16.9. The highest BCUT2D eigenvalue weighted by Gasteiger charge is 2.28. The largest absolute Gasteiger partial charge is 0.493 e. The third kappa shape index (κ3) is 4.85. The van der Waals surface area contributed by atoms with Crippen LogP contribution in [0.15, 0.2) is 52.1 Å². The molecule has 0 unspecified atom stereocenters. The maximum atomic E-state index is 13.7. The van der Waals surface area contributed by atoms with E-state index in [-0.39, 0.29) is 36.8 Å². The lowest BCUT2D eigenvalue weighted by Gasteiger charge is -2.26. The van der Waals surface area contributed by atoms with Crippen molar-refractivity contribution in [2.24, 2.45) is 0 Å². The molecule has 0 spiro atoms. The lowest BCUT2D eigenvalue weighted by atomic mass is 10.1. The molecule has 0 bridgehead atoms. The first-order valence-corrected chi connectivity index (χ1v) is 10.9. The Bertz CT molecular complexity index is 1320. The van der Waals surface area contributed by atoms with E-state index < -0.39 is 17.2 Å². The maximum Gasteiger partial charge on any atom is 0.330 e. The quantitative estimate of drug-likeness (QED) is 0.489. The molecule has 0 radical (unpaired) electrons. The predicted molar refractivity (Wildman–Crippen MR) is 129 cm³/mol. The number of hydrogen-bond acceptors (Lipinski definition) is 8. The van der Waals surface area contributed by atoms with E-state index in [2.05, 4.69) is 4.98 Å². The molecule has 1 aliphatic heterocycles. The summed E-state index contributed by atoms with van der Waals surface area (Å²) in [4.78, 5) is 42.6. The van der Waals surface area contributed by atoms with Gasteiger partial charge in [0.1, 0.15) is 19.0 Å². The molecular weight excluding hydrogens is 456 g/mol. The highest BCUT2D eigenvalue weighted by atomic mass is 16.6. The van der Waals surface area contributed by atoms with Crippen LogP contribution in [0.2, 0.25) is 0 Å². The van der Waals surface area contributed by atoms with E-state index in [0.717, 1.165) is 5.56 Å². The summed E-state index contributed by atoms with van der Waals surface area (Å²) in [5.74, 6) is 0.359. The van der Waals surface area contributed by atoms with Gasteiger partial charge in [0, 0.05) is 19.2 Å². The Hall–Kier alpha value is -4.25. The fourth-order valence-electron chi connectivity index (χ4n) is 3.81. The van der Waals surface area contributed by atoms with Crippen molar-refractivity contribution in [1.82, 2.24) is 9.55 Å². The number of aromatic nitrogens is 2. The Morgan fingerprint density at radius 3 is 2.60 bits per heavy atom. The molecule has 0 fully saturated rings. The van der Waals surface area contributed by atoms with E-state index in [1.54, 1.807) is 0 Å². The molecule has 1 aromatic heterocycles. The maximum absolute atomic E-state index is 13.7. The van der Waals surface area contributed by atoms with Crippen molar-refractivity contribution >= 4 is 17.4 Å². The Morgan fingerprint density at radius 1 is 1.14 bits per heavy atom. The van der Waals surface area contributed by atoms with Crippen LogP contribution in [-0.4, -0.2) is 56.0 Å². The second-order valence-electron chi connectivity index (χ2n) is 7.72. The number of ether oxygens (including phenoxy) is 4. The molecule has 11 nitrogen and oxygen atoms in total. The summed E-state index contributed by atoms with van der Waals surface area (Å²) in [6, 6.07) is 12.2. The minimum atomic E-state index is -0.786. The zero-order chi connectivity index (χ0) is 24.9. The topological polar surface area (TPSA) is 138 Å². The van der Waals surface area contributed by atoms with Gasteiger partial charge in [-0.25, -0.2) is 4.79 Å². The number of nitrogens with zero attached hydrogens (tertiary/aromatic N) is 2. The van der Waals surface area contributed by atoms with E-state index in [1.165, 1.54) is 35.8 Å². The lowest BCUT2D eigenvalue weighted by Crippen LogP contribution is -2.42. The third-order valence-electron chi connectivity index (χ3n) is 5.51. The number of hydrogen-bond donors (Lipinski definition) is 2. The smallest absolute Gasteiger partial charge is 0.330 e. The molecule has 0 atom stereocenters. The Kier molecular flexibility index (Phi) is 7.06. The minimum absolute atomic E-state index is 0.00289. The van der Waals surface area contributed by atoms with Crippen LogP contribution in [0.1, 0.15) is 15.9 Å². The summed E-state index contributed by atoms with van der Waals surface area (Å²) < 4.78 is 23.0. The van der Waals surface area contributed by atoms with Crippen molar-refractivity contribution < 1.29 is 23.7 Å². The summed E-state index contributed by atoms with van der Waals surface area (Å²) in [5.41, 5.74) is 5.68. The van der Waals surface area contributed by atoms with E-state index in [9.17, 15) is 14.4 Å². The van der Waals surface area contributed by atoms with Crippen LogP contribution in [0, 0.1) is 0 Å². The van der Waals surface area contributed by atoms with Crippen molar-refractivity contribution in [2.45, 2.75) is 6.54 Å². The zero-order valence-corrected chi connectivity index (χ0v) is 19.4. The van der Waals surface area contributed by atoms with E-state index in [1.807, 2.05) is 30.3 Å². The second-order valence-corrected chi connectivity index (χ2v) is 7.72. The molecular formula is C24H26N4O7. The van der Waals surface area contributed by atoms with Crippen LogP contribution in [0.25, 0.3) is 0 Å². The SMILES string of the molecule is COCCN(C(=O)c1cc(OC)c2c(c1)OCCO2)c1c(N)n(Cc2ccccc2)c(=O)[nH]c1=O. The number of methoxy groups -OCH3 is 2. The van der Waals surface area contributed by atoms with Crippen LogP contribution in [0.4, 0.5) is 11.5 Å². The number of benzene rings is 2. The standard InChI is InChI=1S/C24H26N4O7/c1-32-9-8-27(23(30)16-12-17(33-2)20-18(13-16)34-10-11-35-20)19-21(25)28(24(31)26-22(19)29)14-15-6-4-3-5-7-15/h3-7,12-13H,8-11,14,25H2,1-2H3,(H,26,29,31). The molecule has 2 aromatic carbocycles. The number of H-pyrrole nitrogens is 1. The number of anilines is 2. The van der Waals surface area contributed by atoms with Gasteiger partial charge in [0.2, 0.25) is 5.75 Å². The fourth-order valence-corrected chi connectivity index (χ4v) is 3.81. The van der Waals surface area contributed by atoms with E-state index in [0.29, 0.717) is 30.5 Å². The average Bonchev–Trinajstić information content (AvgIpc) is 2.87. The van der Waals surface area contributed by atoms with Gasteiger partial charge in [-0.3, -0.25) is 24.0 Å².